The van der Waals surface area contributed by atoms with Crippen molar-refractivity contribution in [2.45, 2.75) is 64.6 Å². The van der Waals surface area contributed by atoms with Crippen LogP contribution in [0.4, 0.5) is 0 Å². The van der Waals surface area contributed by atoms with E-state index in [4.69, 9.17) is 9.15 Å². The molecular weight excluding hydrogens is 318 g/mol. The SMILES string of the molecule is CCNC(=NCC(C)(O)c1ccc(C)o1)NCCCOC1CCCC1. The molecule has 3 N–H and O–H groups in total. The molecule has 0 spiro atoms. The molecule has 0 aromatic carbocycles. The van der Waals surface area contributed by atoms with Gasteiger partial charge in [-0.05, 0) is 52.2 Å². The average Bonchev–Trinajstić information content (AvgIpc) is 3.24. The van der Waals surface area contributed by atoms with Gasteiger partial charge in [-0.15, -0.1) is 0 Å². The standard InChI is InChI=1S/C19H33N3O3/c1-4-20-18(21-12-7-13-24-16-8-5-6-9-16)22-14-19(3,23)17-11-10-15(2)25-17/h10-11,16,23H,4-9,12-14H2,1-3H3,(H2,20,21,22). The number of furan rings is 1. The maximum Gasteiger partial charge on any atom is 0.191 e. The van der Waals surface area contributed by atoms with Crippen molar-refractivity contribution in [3.8, 4) is 0 Å². The zero-order valence-electron chi connectivity index (χ0n) is 15.8. The van der Waals surface area contributed by atoms with E-state index in [2.05, 4.69) is 15.6 Å². The third kappa shape index (κ3) is 6.71. The first-order valence-corrected chi connectivity index (χ1v) is 9.44. The van der Waals surface area contributed by atoms with Crippen LogP contribution >= 0.6 is 0 Å². The molecule has 25 heavy (non-hydrogen) atoms. The molecule has 6 nitrogen and oxygen atoms in total. The summed E-state index contributed by atoms with van der Waals surface area (Å²) in [7, 11) is 0. The minimum Gasteiger partial charge on any atom is -0.463 e. The maximum atomic E-state index is 10.6. The van der Waals surface area contributed by atoms with Crippen LogP contribution in [0.25, 0.3) is 0 Å². The fraction of sp³-hybridized carbons (Fsp3) is 0.737. The summed E-state index contributed by atoms with van der Waals surface area (Å²) in [6.45, 7) is 8.17. The van der Waals surface area contributed by atoms with Crippen LogP contribution in [0.15, 0.2) is 21.5 Å². The lowest BCUT2D eigenvalue weighted by Gasteiger charge is -2.20. The molecule has 1 aromatic heterocycles. The van der Waals surface area contributed by atoms with E-state index in [0.717, 1.165) is 31.9 Å². The van der Waals surface area contributed by atoms with Crippen LogP contribution < -0.4 is 10.6 Å². The lowest BCUT2D eigenvalue weighted by molar-refractivity contribution is 0.0428. The van der Waals surface area contributed by atoms with Crippen LogP contribution in [-0.4, -0.2) is 43.4 Å². The van der Waals surface area contributed by atoms with Crippen molar-refractivity contribution in [3.05, 3.63) is 23.7 Å². The second kappa shape index (κ2) is 9.82. The first kappa shape index (κ1) is 19.8. The second-order valence-corrected chi connectivity index (χ2v) is 6.94. The molecule has 1 aliphatic rings. The van der Waals surface area contributed by atoms with E-state index >= 15 is 0 Å². The molecule has 0 amide bonds. The van der Waals surface area contributed by atoms with Gasteiger partial charge < -0.3 is 24.9 Å². The highest BCUT2D eigenvalue weighted by atomic mass is 16.5. The second-order valence-electron chi connectivity index (χ2n) is 6.94. The Balaban J connectivity index is 1.75. The number of guanidine groups is 1. The fourth-order valence-corrected chi connectivity index (χ4v) is 2.96. The zero-order valence-corrected chi connectivity index (χ0v) is 15.8. The third-order valence-electron chi connectivity index (χ3n) is 4.43. The summed E-state index contributed by atoms with van der Waals surface area (Å²) in [5.41, 5.74) is -1.12. The Morgan fingerprint density at radius 3 is 2.76 bits per heavy atom. The molecule has 1 aromatic rings. The van der Waals surface area contributed by atoms with Crippen molar-refractivity contribution < 1.29 is 14.3 Å². The van der Waals surface area contributed by atoms with Crippen molar-refractivity contribution in [3.63, 3.8) is 0 Å². The molecule has 1 heterocycles. The van der Waals surface area contributed by atoms with E-state index in [1.54, 1.807) is 13.0 Å². The van der Waals surface area contributed by atoms with E-state index in [1.165, 1.54) is 25.7 Å². The lowest BCUT2D eigenvalue weighted by Crippen LogP contribution is -2.39. The van der Waals surface area contributed by atoms with Crippen molar-refractivity contribution in [1.29, 1.82) is 0 Å². The smallest absolute Gasteiger partial charge is 0.191 e. The van der Waals surface area contributed by atoms with E-state index in [0.29, 0.717) is 17.8 Å². The van der Waals surface area contributed by atoms with Crippen LogP contribution in [0.1, 0.15) is 57.5 Å². The maximum absolute atomic E-state index is 10.6. The third-order valence-corrected chi connectivity index (χ3v) is 4.43. The lowest BCUT2D eigenvalue weighted by atomic mass is 10.0. The van der Waals surface area contributed by atoms with Gasteiger partial charge in [-0.2, -0.15) is 0 Å². The number of hydrogen-bond donors (Lipinski definition) is 3. The van der Waals surface area contributed by atoms with Gasteiger partial charge in [0.15, 0.2) is 5.96 Å². The van der Waals surface area contributed by atoms with E-state index in [-0.39, 0.29) is 6.54 Å². The molecule has 0 radical (unpaired) electrons. The Bertz CT molecular complexity index is 534. The van der Waals surface area contributed by atoms with Crippen LogP contribution in [0.5, 0.6) is 0 Å². The number of aliphatic hydroxyl groups is 1. The molecule has 2 rings (SSSR count). The van der Waals surface area contributed by atoms with Gasteiger partial charge in [0.1, 0.15) is 17.1 Å². The fourth-order valence-electron chi connectivity index (χ4n) is 2.96. The highest BCUT2D eigenvalue weighted by Crippen LogP contribution is 2.23. The summed E-state index contributed by atoms with van der Waals surface area (Å²) in [4.78, 5) is 4.49. The predicted octanol–water partition coefficient (Wildman–Crippen LogP) is 2.70. The van der Waals surface area contributed by atoms with Crippen molar-refractivity contribution in [2.24, 2.45) is 4.99 Å². The molecule has 0 saturated heterocycles. The molecule has 1 fully saturated rings. The monoisotopic (exact) mass is 351 g/mol. The first-order valence-electron chi connectivity index (χ1n) is 9.44. The number of nitrogens with zero attached hydrogens (tertiary/aromatic N) is 1. The van der Waals surface area contributed by atoms with Crippen LogP contribution in [0.2, 0.25) is 0 Å². The molecular formula is C19H33N3O3. The molecule has 1 saturated carbocycles. The van der Waals surface area contributed by atoms with Crippen molar-refractivity contribution in [2.75, 3.05) is 26.2 Å². The molecule has 0 aliphatic heterocycles. The molecule has 1 unspecified atom stereocenters. The number of rotatable bonds is 9. The summed E-state index contributed by atoms with van der Waals surface area (Å²) in [6.07, 6.45) is 6.42. The normalized spacial score (nSPS) is 18.3. The van der Waals surface area contributed by atoms with Crippen molar-refractivity contribution >= 4 is 5.96 Å². The van der Waals surface area contributed by atoms with Crippen molar-refractivity contribution in [1.82, 2.24) is 10.6 Å². The van der Waals surface area contributed by atoms with Crippen LogP contribution in [-0.2, 0) is 10.3 Å². The Labute approximate surface area is 151 Å². The minimum atomic E-state index is -1.12. The number of hydrogen-bond acceptors (Lipinski definition) is 4. The topological polar surface area (TPSA) is 79.0 Å². The average molecular weight is 351 g/mol. The van der Waals surface area contributed by atoms with Gasteiger partial charge in [-0.25, -0.2) is 4.99 Å². The highest BCUT2D eigenvalue weighted by Gasteiger charge is 2.26. The Hall–Kier alpha value is -1.53. The first-order chi connectivity index (χ1) is 12.0. The Morgan fingerprint density at radius 1 is 1.36 bits per heavy atom. The molecule has 1 aliphatic carbocycles. The van der Waals surface area contributed by atoms with E-state index in [9.17, 15) is 5.11 Å². The number of aryl methyl sites for hydroxylation is 1. The van der Waals surface area contributed by atoms with Gasteiger partial charge in [0.05, 0.1) is 12.6 Å². The Kier molecular flexibility index (Phi) is 7.78. The van der Waals surface area contributed by atoms with Gasteiger partial charge >= 0.3 is 0 Å². The summed E-state index contributed by atoms with van der Waals surface area (Å²) in [5.74, 6) is 2.02. The van der Waals surface area contributed by atoms with Crippen LogP contribution in [0.3, 0.4) is 0 Å². The number of ether oxygens (including phenoxy) is 1. The highest BCUT2D eigenvalue weighted by molar-refractivity contribution is 5.79. The van der Waals surface area contributed by atoms with Gasteiger partial charge in [0, 0.05) is 19.7 Å². The van der Waals surface area contributed by atoms with Gasteiger partial charge in [-0.1, -0.05) is 12.8 Å². The molecule has 1 atom stereocenters. The molecule has 142 valence electrons. The summed E-state index contributed by atoms with van der Waals surface area (Å²) >= 11 is 0. The van der Waals surface area contributed by atoms with E-state index in [1.807, 2.05) is 19.9 Å². The largest absolute Gasteiger partial charge is 0.463 e. The number of nitrogens with one attached hydrogen (secondary N) is 2. The summed E-state index contributed by atoms with van der Waals surface area (Å²) < 4.78 is 11.4. The van der Waals surface area contributed by atoms with Gasteiger partial charge in [-0.3, -0.25) is 0 Å². The quantitative estimate of drug-likeness (QED) is 0.362. The summed E-state index contributed by atoms with van der Waals surface area (Å²) in [5, 5.41) is 17.1. The van der Waals surface area contributed by atoms with Gasteiger partial charge in [0.2, 0.25) is 0 Å². The number of aliphatic imine (C=N–C) groups is 1. The summed E-state index contributed by atoms with van der Waals surface area (Å²) in [6, 6.07) is 3.65. The minimum absolute atomic E-state index is 0.230. The molecule has 6 heteroatoms. The zero-order chi connectivity index (χ0) is 18.1. The Morgan fingerprint density at radius 2 is 2.12 bits per heavy atom. The molecule has 0 bridgehead atoms. The van der Waals surface area contributed by atoms with Gasteiger partial charge in [0.25, 0.3) is 0 Å². The van der Waals surface area contributed by atoms with E-state index < -0.39 is 5.60 Å². The predicted molar refractivity (Wildman–Crippen MR) is 99.8 cm³/mol. The van der Waals surface area contributed by atoms with Crippen LogP contribution in [0, 0.1) is 6.92 Å².